The molecule has 0 amide bonds. The Morgan fingerprint density at radius 3 is 2.89 bits per heavy atom. The zero-order valence-corrected chi connectivity index (χ0v) is 11.5. The summed E-state index contributed by atoms with van der Waals surface area (Å²) in [5.74, 6) is 0.267. The van der Waals surface area contributed by atoms with Gasteiger partial charge in [-0.25, -0.2) is 9.97 Å². The van der Waals surface area contributed by atoms with E-state index in [2.05, 4.69) is 37.5 Å². The SMILES string of the molecule is Nc1ncc(I)c(-c2c[nH]c3c(N)cccc23)n1. The van der Waals surface area contributed by atoms with Gasteiger partial charge in [0.2, 0.25) is 5.95 Å². The number of nitrogens with zero attached hydrogens (tertiary/aromatic N) is 2. The Labute approximate surface area is 117 Å². The zero-order chi connectivity index (χ0) is 12.7. The first-order valence-electron chi connectivity index (χ1n) is 5.31. The second-order valence-electron chi connectivity index (χ2n) is 3.90. The van der Waals surface area contributed by atoms with Crippen LogP contribution in [0.15, 0.2) is 30.6 Å². The number of anilines is 2. The van der Waals surface area contributed by atoms with Gasteiger partial charge in [-0.1, -0.05) is 12.1 Å². The summed E-state index contributed by atoms with van der Waals surface area (Å²) in [6.07, 6.45) is 3.61. The molecule has 3 aromatic rings. The lowest BCUT2D eigenvalue weighted by Gasteiger charge is -2.03. The normalized spacial score (nSPS) is 10.9. The van der Waals surface area contributed by atoms with Crippen LogP contribution in [0.4, 0.5) is 11.6 Å². The van der Waals surface area contributed by atoms with Crippen molar-refractivity contribution >= 4 is 45.1 Å². The molecule has 6 heteroatoms. The maximum atomic E-state index is 5.93. The van der Waals surface area contributed by atoms with E-state index in [9.17, 15) is 0 Å². The lowest BCUT2D eigenvalue weighted by atomic mass is 10.1. The van der Waals surface area contributed by atoms with E-state index in [4.69, 9.17) is 11.5 Å². The van der Waals surface area contributed by atoms with Gasteiger partial charge in [-0.3, -0.25) is 0 Å². The molecule has 2 heterocycles. The molecular formula is C12H10IN5. The number of halogens is 1. The molecular weight excluding hydrogens is 341 g/mol. The number of nitrogens with one attached hydrogen (secondary N) is 1. The van der Waals surface area contributed by atoms with Gasteiger partial charge in [0.15, 0.2) is 0 Å². The van der Waals surface area contributed by atoms with Crippen LogP contribution in [0.2, 0.25) is 0 Å². The van der Waals surface area contributed by atoms with Crippen molar-refractivity contribution in [3.8, 4) is 11.3 Å². The number of nitrogens with two attached hydrogens (primary N) is 2. The van der Waals surface area contributed by atoms with Crippen LogP contribution in [-0.4, -0.2) is 15.0 Å². The highest BCUT2D eigenvalue weighted by Gasteiger charge is 2.12. The molecule has 0 bridgehead atoms. The van der Waals surface area contributed by atoms with Crippen molar-refractivity contribution in [2.24, 2.45) is 0 Å². The fourth-order valence-electron chi connectivity index (χ4n) is 1.94. The Bertz CT molecular complexity index is 734. The van der Waals surface area contributed by atoms with Crippen molar-refractivity contribution < 1.29 is 0 Å². The largest absolute Gasteiger partial charge is 0.397 e. The minimum absolute atomic E-state index is 0.267. The molecule has 3 rings (SSSR count). The molecule has 0 radical (unpaired) electrons. The van der Waals surface area contributed by atoms with E-state index in [1.54, 1.807) is 6.20 Å². The number of aromatic amines is 1. The van der Waals surface area contributed by atoms with Crippen molar-refractivity contribution in [2.45, 2.75) is 0 Å². The molecule has 90 valence electrons. The number of para-hydroxylation sites is 1. The molecule has 0 aliphatic carbocycles. The van der Waals surface area contributed by atoms with Gasteiger partial charge in [-0.15, -0.1) is 0 Å². The number of hydrogen-bond acceptors (Lipinski definition) is 4. The maximum absolute atomic E-state index is 5.93. The predicted molar refractivity (Wildman–Crippen MR) is 80.9 cm³/mol. The molecule has 0 aliphatic rings. The summed E-state index contributed by atoms with van der Waals surface area (Å²) in [4.78, 5) is 11.4. The van der Waals surface area contributed by atoms with Gasteiger partial charge in [0.05, 0.1) is 20.5 Å². The third kappa shape index (κ3) is 1.69. The quantitative estimate of drug-likeness (QED) is 0.464. The van der Waals surface area contributed by atoms with Gasteiger partial charge in [0.1, 0.15) is 0 Å². The van der Waals surface area contributed by atoms with Crippen molar-refractivity contribution in [3.63, 3.8) is 0 Å². The molecule has 0 atom stereocenters. The lowest BCUT2D eigenvalue weighted by Crippen LogP contribution is -1.97. The number of hydrogen-bond donors (Lipinski definition) is 3. The molecule has 1 aromatic carbocycles. The van der Waals surface area contributed by atoms with Gasteiger partial charge in [0.25, 0.3) is 0 Å². The molecule has 0 saturated heterocycles. The van der Waals surface area contributed by atoms with E-state index < -0.39 is 0 Å². The smallest absolute Gasteiger partial charge is 0.220 e. The first kappa shape index (κ1) is 11.3. The number of fused-ring (bicyclic) bond motifs is 1. The van der Waals surface area contributed by atoms with Gasteiger partial charge in [-0.2, -0.15) is 0 Å². The molecule has 0 unspecified atom stereocenters. The molecule has 0 spiro atoms. The van der Waals surface area contributed by atoms with Crippen LogP contribution in [0, 0.1) is 3.57 Å². The number of aromatic nitrogens is 3. The minimum Gasteiger partial charge on any atom is -0.397 e. The fraction of sp³-hybridized carbons (Fsp3) is 0. The summed E-state index contributed by atoms with van der Waals surface area (Å²) in [6, 6.07) is 5.79. The van der Waals surface area contributed by atoms with Gasteiger partial charge in [0, 0.05) is 23.3 Å². The first-order chi connectivity index (χ1) is 8.66. The van der Waals surface area contributed by atoms with Crippen LogP contribution < -0.4 is 11.5 Å². The van der Waals surface area contributed by atoms with Crippen LogP contribution in [0.3, 0.4) is 0 Å². The van der Waals surface area contributed by atoms with Crippen molar-refractivity contribution in [3.05, 3.63) is 34.2 Å². The highest BCUT2D eigenvalue weighted by atomic mass is 127. The molecule has 5 N–H and O–H groups in total. The van der Waals surface area contributed by atoms with Crippen LogP contribution >= 0.6 is 22.6 Å². The molecule has 5 nitrogen and oxygen atoms in total. The standard InChI is InChI=1S/C12H10IN5/c13-8-5-17-12(15)18-10(8)7-4-16-11-6(7)2-1-3-9(11)14/h1-5,16H,14H2,(H2,15,17,18). The maximum Gasteiger partial charge on any atom is 0.220 e. The second-order valence-corrected chi connectivity index (χ2v) is 5.06. The summed E-state index contributed by atoms with van der Waals surface area (Å²) >= 11 is 2.19. The van der Waals surface area contributed by atoms with E-state index >= 15 is 0 Å². The topological polar surface area (TPSA) is 93.6 Å². The highest BCUT2D eigenvalue weighted by Crippen LogP contribution is 2.32. The Hall–Kier alpha value is -1.83. The number of benzene rings is 1. The van der Waals surface area contributed by atoms with E-state index in [1.807, 2.05) is 24.4 Å². The van der Waals surface area contributed by atoms with Crippen LogP contribution in [0.1, 0.15) is 0 Å². The summed E-state index contributed by atoms with van der Waals surface area (Å²) in [7, 11) is 0. The Morgan fingerprint density at radius 2 is 2.06 bits per heavy atom. The summed E-state index contributed by atoms with van der Waals surface area (Å²) in [5.41, 5.74) is 15.0. The third-order valence-corrected chi connectivity index (χ3v) is 3.55. The van der Waals surface area contributed by atoms with Gasteiger partial charge >= 0.3 is 0 Å². The van der Waals surface area contributed by atoms with Crippen molar-refractivity contribution in [1.29, 1.82) is 0 Å². The average Bonchev–Trinajstić information content (AvgIpc) is 2.77. The van der Waals surface area contributed by atoms with Crippen LogP contribution in [-0.2, 0) is 0 Å². The molecule has 18 heavy (non-hydrogen) atoms. The Balaban J connectivity index is 2.32. The molecule has 2 aromatic heterocycles. The average molecular weight is 351 g/mol. The van der Waals surface area contributed by atoms with Crippen molar-refractivity contribution in [2.75, 3.05) is 11.5 Å². The van der Waals surface area contributed by atoms with E-state index in [-0.39, 0.29) is 5.95 Å². The summed E-state index contributed by atoms with van der Waals surface area (Å²) < 4.78 is 0.949. The molecule has 0 fully saturated rings. The monoisotopic (exact) mass is 351 g/mol. The third-order valence-electron chi connectivity index (χ3n) is 2.77. The molecule has 0 aliphatic heterocycles. The zero-order valence-electron chi connectivity index (χ0n) is 9.31. The van der Waals surface area contributed by atoms with Crippen LogP contribution in [0.5, 0.6) is 0 Å². The van der Waals surface area contributed by atoms with E-state index in [0.29, 0.717) is 0 Å². The summed E-state index contributed by atoms with van der Waals surface area (Å²) in [5, 5.41) is 1.03. The Morgan fingerprint density at radius 1 is 1.22 bits per heavy atom. The first-order valence-corrected chi connectivity index (χ1v) is 6.38. The predicted octanol–water partition coefficient (Wildman–Crippen LogP) is 2.39. The van der Waals surface area contributed by atoms with Gasteiger partial charge < -0.3 is 16.5 Å². The lowest BCUT2D eigenvalue weighted by molar-refractivity contribution is 1.17. The van der Waals surface area contributed by atoms with E-state index in [0.717, 1.165) is 31.4 Å². The summed E-state index contributed by atoms with van der Waals surface area (Å²) in [6.45, 7) is 0. The second kappa shape index (κ2) is 4.13. The fourth-order valence-corrected chi connectivity index (χ4v) is 2.49. The van der Waals surface area contributed by atoms with Crippen LogP contribution in [0.25, 0.3) is 22.2 Å². The minimum atomic E-state index is 0.267. The highest BCUT2D eigenvalue weighted by molar-refractivity contribution is 14.1. The Kier molecular flexibility index (Phi) is 2.58. The van der Waals surface area contributed by atoms with Gasteiger partial charge in [-0.05, 0) is 28.7 Å². The number of H-pyrrole nitrogens is 1. The van der Waals surface area contributed by atoms with E-state index in [1.165, 1.54) is 0 Å². The number of rotatable bonds is 1. The van der Waals surface area contributed by atoms with Crippen molar-refractivity contribution in [1.82, 2.24) is 15.0 Å². The molecule has 0 saturated carbocycles. The number of nitrogen functional groups attached to an aromatic ring is 2.